The van der Waals surface area contributed by atoms with Gasteiger partial charge in [0, 0.05) is 12.6 Å². The molecule has 0 spiro atoms. The zero-order valence-corrected chi connectivity index (χ0v) is 17.7. The van der Waals surface area contributed by atoms with Crippen LogP contribution in [0.5, 0.6) is 11.5 Å². The number of hydrogen-bond donors (Lipinski definition) is 0. The van der Waals surface area contributed by atoms with Gasteiger partial charge in [-0.05, 0) is 42.2 Å². The number of likely N-dealkylation sites (tertiary alicyclic amines) is 1. The van der Waals surface area contributed by atoms with Crippen LogP contribution in [-0.2, 0) is 6.54 Å². The van der Waals surface area contributed by atoms with Crippen LogP contribution in [0.2, 0.25) is 0 Å². The quantitative estimate of drug-likeness (QED) is 0.613. The molecule has 1 aliphatic heterocycles. The molecule has 1 unspecified atom stereocenters. The van der Waals surface area contributed by atoms with E-state index in [4.69, 9.17) is 9.47 Å². The van der Waals surface area contributed by atoms with Gasteiger partial charge in [0.2, 0.25) is 0 Å². The van der Waals surface area contributed by atoms with Crippen molar-refractivity contribution >= 4 is 5.91 Å². The van der Waals surface area contributed by atoms with E-state index in [2.05, 4.69) is 5.10 Å². The highest BCUT2D eigenvalue weighted by atomic mass is 16.5. The van der Waals surface area contributed by atoms with Crippen LogP contribution < -0.4 is 15.0 Å². The molecule has 0 aliphatic carbocycles. The molecule has 2 aromatic carbocycles. The third kappa shape index (κ3) is 4.30. The number of nitrogens with zero attached hydrogens (tertiary/aromatic N) is 3. The van der Waals surface area contributed by atoms with Gasteiger partial charge >= 0.3 is 0 Å². The molecule has 4 rings (SSSR count). The summed E-state index contributed by atoms with van der Waals surface area (Å²) in [5.41, 5.74) is 1.97. The Bertz CT molecular complexity index is 1130. The van der Waals surface area contributed by atoms with E-state index in [0.29, 0.717) is 24.6 Å². The molecule has 1 amide bonds. The van der Waals surface area contributed by atoms with Crippen LogP contribution in [0.4, 0.5) is 0 Å². The van der Waals surface area contributed by atoms with Crippen LogP contribution in [0.25, 0.3) is 0 Å². The number of amides is 1. The van der Waals surface area contributed by atoms with Crippen molar-refractivity contribution in [2.75, 3.05) is 20.8 Å². The van der Waals surface area contributed by atoms with Crippen LogP contribution in [0.15, 0.2) is 65.5 Å². The van der Waals surface area contributed by atoms with E-state index in [9.17, 15) is 9.59 Å². The minimum atomic E-state index is -0.238. The number of carbonyl (C=O) groups excluding carboxylic acids is 1. The van der Waals surface area contributed by atoms with E-state index < -0.39 is 0 Å². The number of methoxy groups -OCH3 is 2. The standard InChI is InChI=1S/C24H25N3O4/c1-30-21-12-10-18(15-22(21)31-2)20-9-6-14-26(20)24(29)19-11-13-23(28)27(25-19)16-17-7-4-3-5-8-17/h3-5,7-8,10-13,15,20H,6,9,14,16H2,1-2H3. The summed E-state index contributed by atoms with van der Waals surface area (Å²) in [6, 6.07) is 18.2. The first-order valence-corrected chi connectivity index (χ1v) is 10.3. The molecule has 0 N–H and O–H groups in total. The zero-order chi connectivity index (χ0) is 21.8. The average Bonchev–Trinajstić information content (AvgIpc) is 3.30. The van der Waals surface area contributed by atoms with Crippen molar-refractivity contribution in [2.24, 2.45) is 0 Å². The fourth-order valence-corrected chi connectivity index (χ4v) is 4.00. The Labute approximate surface area is 180 Å². The van der Waals surface area contributed by atoms with Crippen molar-refractivity contribution in [3.63, 3.8) is 0 Å². The molecule has 1 aromatic heterocycles. The predicted molar refractivity (Wildman–Crippen MR) is 117 cm³/mol. The minimum Gasteiger partial charge on any atom is -0.493 e. The van der Waals surface area contributed by atoms with Gasteiger partial charge in [0.15, 0.2) is 11.5 Å². The molecule has 1 atom stereocenters. The molecule has 3 aromatic rings. The van der Waals surface area contributed by atoms with Crippen LogP contribution in [0.3, 0.4) is 0 Å². The second-order valence-corrected chi connectivity index (χ2v) is 7.47. The molecule has 1 fully saturated rings. The Morgan fingerprint density at radius 2 is 1.81 bits per heavy atom. The third-order valence-electron chi connectivity index (χ3n) is 5.57. The van der Waals surface area contributed by atoms with E-state index >= 15 is 0 Å². The first-order valence-electron chi connectivity index (χ1n) is 10.3. The van der Waals surface area contributed by atoms with Crippen LogP contribution in [-0.4, -0.2) is 41.4 Å². The lowest BCUT2D eigenvalue weighted by atomic mass is 10.0. The first-order chi connectivity index (χ1) is 15.1. The monoisotopic (exact) mass is 419 g/mol. The van der Waals surface area contributed by atoms with Crippen LogP contribution >= 0.6 is 0 Å². The summed E-state index contributed by atoms with van der Waals surface area (Å²) in [5, 5.41) is 4.37. The number of aromatic nitrogens is 2. The number of benzene rings is 2. The van der Waals surface area contributed by atoms with Crippen molar-refractivity contribution in [1.82, 2.24) is 14.7 Å². The van der Waals surface area contributed by atoms with Gasteiger partial charge in [-0.25, -0.2) is 4.68 Å². The number of rotatable bonds is 6. The van der Waals surface area contributed by atoms with Crippen LogP contribution in [0, 0.1) is 0 Å². The second-order valence-electron chi connectivity index (χ2n) is 7.47. The normalized spacial score (nSPS) is 15.7. The molecular weight excluding hydrogens is 394 g/mol. The SMILES string of the molecule is COc1ccc(C2CCCN2C(=O)c2ccc(=O)n(Cc3ccccc3)n2)cc1OC. The predicted octanol–water partition coefficient (Wildman–Crippen LogP) is 3.29. The molecule has 160 valence electrons. The summed E-state index contributed by atoms with van der Waals surface area (Å²) in [5.74, 6) is 1.10. The Hall–Kier alpha value is -3.61. The molecule has 0 radical (unpaired) electrons. The van der Waals surface area contributed by atoms with Gasteiger partial charge in [-0.1, -0.05) is 36.4 Å². The lowest BCUT2D eigenvalue weighted by Gasteiger charge is -2.25. The highest BCUT2D eigenvalue weighted by Crippen LogP contribution is 2.37. The fraction of sp³-hybridized carbons (Fsp3) is 0.292. The highest BCUT2D eigenvalue weighted by molar-refractivity contribution is 5.92. The first kappa shape index (κ1) is 20.7. The molecule has 0 bridgehead atoms. The summed E-state index contributed by atoms with van der Waals surface area (Å²) >= 11 is 0. The maximum absolute atomic E-state index is 13.3. The number of carbonyl (C=O) groups is 1. The van der Waals surface area contributed by atoms with E-state index in [1.807, 2.05) is 53.4 Å². The van der Waals surface area contributed by atoms with E-state index in [0.717, 1.165) is 24.0 Å². The summed E-state index contributed by atoms with van der Waals surface area (Å²) in [6.45, 7) is 0.956. The molecule has 1 saturated heterocycles. The van der Waals surface area contributed by atoms with E-state index in [-0.39, 0.29) is 23.2 Å². The van der Waals surface area contributed by atoms with Crippen LogP contribution in [0.1, 0.15) is 40.5 Å². The maximum Gasteiger partial charge on any atom is 0.274 e. The third-order valence-corrected chi connectivity index (χ3v) is 5.57. The lowest BCUT2D eigenvalue weighted by Crippen LogP contribution is -2.33. The summed E-state index contributed by atoms with van der Waals surface area (Å²) in [4.78, 5) is 27.4. The number of ether oxygens (including phenoxy) is 2. The summed E-state index contributed by atoms with van der Waals surface area (Å²) in [6.07, 6.45) is 1.75. The second kappa shape index (κ2) is 9.04. The van der Waals surface area contributed by atoms with Crippen molar-refractivity contribution in [2.45, 2.75) is 25.4 Å². The van der Waals surface area contributed by atoms with Gasteiger partial charge in [-0.3, -0.25) is 9.59 Å². The minimum absolute atomic E-state index is 0.0800. The van der Waals surface area contributed by atoms with Crippen molar-refractivity contribution in [3.8, 4) is 11.5 Å². The Balaban J connectivity index is 1.60. The van der Waals surface area contributed by atoms with E-state index in [1.165, 1.54) is 16.8 Å². The smallest absolute Gasteiger partial charge is 0.274 e. The molecule has 2 heterocycles. The molecular formula is C24H25N3O4. The van der Waals surface area contributed by atoms with Gasteiger partial charge in [-0.2, -0.15) is 5.10 Å². The largest absolute Gasteiger partial charge is 0.493 e. The summed E-state index contributed by atoms with van der Waals surface area (Å²) in [7, 11) is 3.19. The van der Waals surface area contributed by atoms with Crippen molar-refractivity contribution in [3.05, 3.63) is 87.8 Å². The van der Waals surface area contributed by atoms with Gasteiger partial charge in [0.25, 0.3) is 11.5 Å². The maximum atomic E-state index is 13.3. The van der Waals surface area contributed by atoms with E-state index in [1.54, 1.807) is 14.2 Å². The fourth-order valence-electron chi connectivity index (χ4n) is 4.00. The lowest BCUT2D eigenvalue weighted by molar-refractivity contribution is 0.0726. The Morgan fingerprint density at radius 3 is 2.55 bits per heavy atom. The molecule has 0 saturated carbocycles. The molecule has 1 aliphatic rings. The zero-order valence-electron chi connectivity index (χ0n) is 17.7. The topological polar surface area (TPSA) is 73.7 Å². The molecule has 7 heteroatoms. The highest BCUT2D eigenvalue weighted by Gasteiger charge is 2.32. The molecule has 31 heavy (non-hydrogen) atoms. The summed E-state index contributed by atoms with van der Waals surface area (Å²) < 4.78 is 12.1. The molecule has 7 nitrogen and oxygen atoms in total. The van der Waals surface area contributed by atoms with Gasteiger partial charge in [0.05, 0.1) is 26.8 Å². The number of hydrogen-bond acceptors (Lipinski definition) is 5. The van der Waals surface area contributed by atoms with Crippen molar-refractivity contribution < 1.29 is 14.3 Å². The Kier molecular flexibility index (Phi) is 6.02. The average molecular weight is 419 g/mol. The van der Waals surface area contributed by atoms with Gasteiger partial charge in [0.1, 0.15) is 5.69 Å². The van der Waals surface area contributed by atoms with Gasteiger partial charge < -0.3 is 14.4 Å². The Morgan fingerprint density at radius 1 is 1.03 bits per heavy atom. The van der Waals surface area contributed by atoms with Gasteiger partial charge in [-0.15, -0.1) is 0 Å². The van der Waals surface area contributed by atoms with Crippen molar-refractivity contribution in [1.29, 1.82) is 0 Å².